The minimum atomic E-state index is -0.919. The second-order valence-corrected chi connectivity index (χ2v) is 5.43. The maximum absolute atomic E-state index is 12.2. The first-order valence-electron chi connectivity index (χ1n) is 5.71. The van der Waals surface area contributed by atoms with E-state index in [4.69, 9.17) is 10.8 Å². The maximum atomic E-state index is 12.2. The van der Waals surface area contributed by atoms with Crippen molar-refractivity contribution in [1.29, 1.82) is 0 Å². The Morgan fingerprint density at radius 1 is 1.29 bits per heavy atom. The van der Waals surface area contributed by atoms with Crippen molar-refractivity contribution in [3.05, 3.63) is 0 Å². The van der Waals surface area contributed by atoms with Crippen molar-refractivity contribution >= 4 is 23.8 Å². The van der Waals surface area contributed by atoms with Crippen LogP contribution in [0.5, 0.6) is 0 Å². The lowest BCUT2D eigenvalue weighted by atomic mass is 10.1. The second-order valence-electron chi connectivity index (χ2n) is 4.43. The number of aliphatic carboxylic acids is 1. The number of piperidine rings is 1. The summed E-state index contributed by atoms with van der Waals surface area (Å²) in [5.74, 6) is 0.0318. The number of hydrogen-bond acceptors (Lipinski definition) is 4. The molecule has 6 nitrogen and oxygen atoms in total. The van der Waals surface area contributed by atoms with Gasteiger partial charge in [-0.2, -0.15) is 0 Å². The molecule has 0 saturated carbocycles. The van der Waals surface area contributed by atoms with Crippen molar-refractivity contribution in [1.82, 2.24) is 9.80 Å². The summed E-state index contributed by atoms with van der Waals surface area (Å²) in [5.41, 5.74) is 5.78. The quantitative estimate of drug-likeness (QED) is 0.691. The monoisotopic (exact) mass is 259 g/mol. The zero-order valence-corrected chi connectivity index (χ0v) is 10.4. The molecule has 2 fully saturated rings. The zero-order valence-electron chi connectivity index (χ0n) is 9.54. The molecule has 96 valence electrons. The Labute approximate surface area is 104 Å². The van der Waals surface area contributed by atoms with E-state index in [1.54, 1.807) is 4.90 Å². The van der Waals surface area contributed by atoms with Gasteiger partial charge in [0.05, 0.1) is 5.88 Å². The van der Waals surface area contributed by atoms with Crippen LogP contribution in [0.1, 0.15) is 12.8 Å². The molecule has 2 aliphatic rings. The lowest BCUT2D eigenvalue weighted by Gasteiger charge is -2.34. The Morgan fingerprint density at radius 2 is 1.94 bits per heavy atom. The summed E-state index contributed by atoms with van der Waals surface area (Å²) in [4.78, 5) is 26.3. The number of carbonyl (C=O) groups excluding carboxylic acids is 1. The van der Waals surface area contributed by atoms with Crippen LogP contribution >= 0.6 is 11.8 Å². The number of rotatable bonds is 1. The van der Waals surface area contributed by atoms with E-state index < -0.39 is 12.0 Å². The number of carboxylic acids is 1. The summed E-state index contributed by atoms with van der Waals surface area (Å²) in [6.45, 7) is 1.26. The van der Waals surface area contributed by atoms with Gasteiger partial charge in [-0.25, -0.2) is 9.59 Å². The molecule has 3 N–H and O–H groups in total. The minimum Gasteiger partial charge on any atom is -0.480 e. The molecule has 0 aromatic carbocycles. The number of nitrogens with two attached hydrogens (primary N) is 1. The SMILES string of the molecule is NC1CCN(C(=O)N2CSC[C@H]2C(=O)O)CC1. The first-order valence-corrected chi connectivity index (χ1v) is 6.86. The van der Waals surface area contributed by atoms with Gasteiger partial charge < -0.3 is 20.6 Å². The normalized spacial score (nSPS) is 26.3. The summed E-state index contributed by atoms with van der Waals surface area (Å²) in [6.07, 6.45) is 1.59. The molecule has 17 heavy (non-hydrogen) atoms. The van der Waals surface area contributed by atoms with E-state index in [-0.39, 0.29) is 12.1 Å². The molecule has 0 spiro atoms. The van der Waals surface area contributed by atoms with Gasteiger partial charge in [0.2, 0.25) is 0 Å². The molecule has 2 rings (SSSR count). The van der Waals surface area contributed by atoms with E-state index in [0.717, 1.165) is 12.8 Å². The van der Waals surface area contributed by atoms with Gasteiger partial charge in [-0.1, -0.05) is 0 Å². The van der Waals surface area contributed by atoms with Crippen LogP contribution in [0.15, 0.2) is 0 Å². The number of hydrogen-bond donors (Lipinski definition) is 2. The predicted molar refractivity (Wildman–Crippen MR) is 64.8 cm³/mol. The molecule has 0 radical (unpaired) electrons. The third-order valence-corrected chi connectivity index (χ3v) is 4.24. The topological polar surface area (TPSA) is 86.9 Å². The first-order chi connectivity index (χ1) is 8.09. The summed E-state index contributed by atoms with van der Waals surface area (Å²) in [7, 11) is 0. The Morgan fingerprint density at radius 3 is 2.53 bits per heavy atom. The van der Waals surface area contributed by atoms with Crippen molar-refractivity contribution in [2.45, 2.75) is 24.9 Å². The molecule has 0 unspecified atom stereocenters. The number of nitrogens with zero attached hydrogens (tertiary/aromatic N) is 2. The Kier molecular flexibility index (Phi) is 3.78. The fraction of sp³-hybridized carbons (Fsp3) is 0.800. The van der Waals surface area contributed by atoms with Crippen LogP contribution in [0.3, 0.4) is 0 Å². The molecule has 2 saturated heterocycles. The maximum Gasteiger partial charge on any atom is 0.327 e. The lowest BCUT2D eigenvalue weighted by Crippen LogP contribution is -2.52. The fourth-order valence-corrected chi connectivity index (χ4v) is 3.25. The van der Waals surface area contributed by atoms with Crippen molar-refractivity contribution in [3.63, 3.8) is 0 Å². The summed E-state index contributed by atoms with van der Waals surface area (Å²) in [5, 5.41) is 9.03. The predicted octanol–water partition coefficient (Wildman–Crippen LogP) is -0.0110. The third-order valence-electron chi connectivity index (χ3n) is 3.22. The van der Waals surface area contributed by atoms with Crippen LogP contribution in [0.25, 0.3) is 0 Å². The zero-order chi connectivity index (χ0) is 12.4. The van der Waals surface area contributed by atoms with Crippen LogP contribution in [0, 0.1) is 0 Å². The van der Waals surface area contributed by atoms with Crippen LogP contribution in [-0.4, -0.2) is 63.7 Å². The van der Waals surface area contributed by atoms with Gasteiger partial charge in [0.1, 0.15) is 6.04 Å². The first kappa shape index (κ1) is 12.5. The number of urea groups is 1. The van der Waals surface area contributed by atoms with Gasteiger partial charge >= 0.3 is 12.0 Å². The molecule has 2 aliphatic heterocycles. The number of carboxylic acid groups (broad SMARTS) is 1. The molecular formula is C10H17N3O3S. The highest BCUT2D eigenvalue weighted by atomic mass is 32.2. The third kappa shape index (κ3) is 2.66. The van der Waals surface area contributed by atoms with Gasteiger partial charge in [-0.05, 0) is 12.8 Å². The molecule has 0 aliphatic carbocycles. The average molecular weight is 259 g/mol. The van der Waals surface area contributed by atoms with Crippen molar-refractivity contribution in [3.8, 4) is 0 Å². The molecule has 1 atom stereocenters. The Bertz CT molecular complexity index is 318. The summed E-state index contributed by atoms with van der Waals surface area (Å²) >= 11 is 1.48. The Hall–Kier alpha value is -0.950. The lowest BCUT2D eigenvalue weighted by molar-refractivity contribution is -0.141. The minimum absolute atomic E-state index is 0.158. The highest BCUT2D eigenvalue weighted by molar-refractivity contribution is 7.99. The molecule has 7 heteroatoms. The molecule has 2 heterocycles. The molecule has 0 aromatic rings. The van der Waals surface area contributed by atoms with Gasteiger partial charge in [0.15, 0.2) is 0 Å². The number of thioether (sulfide) groups is 1. The number of likely N-dealkylation sites (tertiary alicyclic amines) is 1. The highest BCUT2D eigenvalue weighted by Crippen LogP contribution is 2.23. The molecule has 2 amide bonds. The van der Waals surface area contributed by atoms with Crippen molar-refractivity contribution < 1.29 is 14.7 Å². The van der Waals surface area contributed by atoms with E-state index in [1.807, 2.05) is 0 Å². The van der Waals surface area contributed by atoms with Crippen molar-refractivity contribution in [2.24, 2.45) is 5.73 Å². The van der Waals surface area contributed by atoms with E-state index in [9.17, 15) is 9.59 Å². The van der Waals surface area contributed by atoms with Gasteiger partial charge in [0, 0.05) is 24.9 Å². The van der Waals surface area contributed by atoms with E-state index in [0.29, 0.717) is 24.7 Å². The van der Waals surface area contributed by atoms with Crippen molar-refractivity contribution in [2.75, 3.05) is 24.7 Å². The molecule has 0 bridgehead atoms. The highest BCUT2D eigenvalue weighted by Gasteiger charge is 2.37. The second kappa shape index (κ2) is 5.14. The fourth-order valence-electron chi connectivity index (χ4n) is 2.11. The van der Waals surface area contributed by atoms with E-state index in [2.05, 4.69) is 0 Å². The van der Waals surface area contributed by atoms with Gasteiger partial charge in [-0.3, -0.25) is 0 Å². The standard InChI is InChI=1S/C10H17N3O3S/c11-7-1-3-12(4-2-7)10(16)13-6-17-5-8(13)9(14)15/h7-8H,1-6,11H2,(H,14,15)/t8-/m0/s1. The number of amides is 2. The average Bonchev–Trinajstić information content (AvgIpc) is 2.78. The summed E-state index contributed by atoms with van der Waals surface area (Å²) in [6, 6.07) is -0.667. The smallest absolute Gasteiger partial charge is 0.327 e. The van der Waals surface area contributed by atoms with Crippen LogP contribution in [0.4, 0.5) is 4.79 Å². The van der Waals surface area contributed by atoms with Gasteiger partial charge in [0.25, 0.3) is 0 Å². The Balaban J connectivity index is 1.97. The van der Waals surface area contributed by atoms with Crippen LogP contribution in [-0.2, 0) is 4.79 Å². The van der Waals surface area contributed by atoms with E-state index in [1.165, 1.54) is 16.7 Å². The van der Waals surface area contributed by atoms with Gasteiger partial charge in [-0.15, -0.1) is 11.8 Å². The van der Waals surface area contributed by atoms with Crippen LogP contribution in [0.2, 0.25) is 0 Å². The number of carbonyl (C=O) groups is 2. The van der Waals surface area contributed by atoms with Crippen LogP contribution < -0.4 is 5.73 Å². The van der Waals surface area contributed by atoms with E-state index >= 15 is 0 Å². The largest absolute Gasteiger partial charge is 0.480 e. The summed E-state index contributed by atoms with van der Waals surface area (Å²) < 4.78 is 0. The molecular weight excluding hydrogens is 242 g/mol. The molecule has 0 aromatic heterocycles.